The number of hydrogen-bond donors (Lipinski definition) is 2. The summed E-state index contributed by atoms with van der Waals surface area (Å²) < 4.78 is 19.2. The molecule has 0 bridgehead atoms. The number of ether oxygens (including phenoxy) is 1. The molecule has 1 fully saturated rings. The summed E-state index contributed by atoms with van der Waals surface area (Å²) in [6.45, 7) is 1.82. The Morgan fingerprint density at radius 2 is 2.50 bits per heavy atom. The number of halogens is 1. The number of nitrogens with two attached hydrogens (primary N) is 1. The van der Waals surface area contributed by atoms with E-state index in [1.54, 1.807) is 12.0 Å². The van der Waals surface area contributed by atoms with Gasteiger partial charge in [-0.25, -0.2) is 15.2 Å². The van der Waals surface area contributed by atoms with Crippen LogP contribution in [0.1, 0.15) is 23.2 Å². The van der Waals surface area contributed by atoms with Crippen LogP contribution in [0.15, 0.2) is 12.3 Å². The van der Waals surface area contributed by atoms with E-state index in [0.29, 0.717) is 25.6 Å². The number of nitrogen functional groups attached to an aromatic ring is 1. The van der Waals surface area contributed by atoms with Gasteiger partial charge in [0, 0.05) is 26.4 Å². The zero-order valence-corrected chi connectivity index (χ0v) is 11.4. The van der Waals surface area contributed by atoms with Gasteiger partial charge < -0.3 is 15.1 Å². The van der Waals surface area contributed by atoms with Gasteiger partial charge in [-0.1, -0.05) is 0 Å². The molecule has 110 valence electrons. The molecule has 0 radical (unpaired) electrons. The van der Waals surface area contributed by atoms with Crippen molar-refractivity contribution in [2.45, 2.75) is 12.8 Å². The Balaban J connectivity index is 2.14. The fourth-order valence-corrected chi connectivity index (χ4v) is 2.50. The maximum Gasteiger partial charge on any atom is 0.257 e. The van der Waals surface area contributed by atoms with Crippen molar-refractivity contribution in [1.29, 1.82) is 0 Å². The summed E-state index contributed by atoms with van der Waals surface area (Å²) in [7, 11) is 1.64. The van der Waals surface area contributed by atoms with Crippen molar-refractivity contribution in [2.75, 3.05) is 32.2 Å². The maximum absolute atomic E-state index is 14.0. The normalized spacial score (nSPS) is 18.9. The number of hydrazine groups is 1. The van der Waals surface area contributed by atoms with Crippen molar-refractivity contribution < 1.29 is 13.9 Å². The standard InChI is InChI=1S/C13H19FN4O2/c1-20-8-9-3-2-6-18(7-9)13(19)10-4-5-16-12(17-15)11(10)14/h4-5,9H,2-3,6-8,15H2,1H3,(H,16,17). The lowest BCUT2D eigenvalue weighted by Crippen LogP contribution is -2.41. The molecule has 7 heteroatoms. The van der Waals surface area contributed by atoms with Crippen LogP contribution < -0.4 is 11.3 Å². The molecule has 1 unspecified atom stereocenters. The number of nitrogens with one attached hydrogen (secondary N) is 1. The summed E-state index contributed by atoms with van der Waals surface area (Å²) in [4.78, 5) is 17.8. The molecule has 3 N–H and O–H groups in total. The number of nitrogens with zero attached hydrogens (tertiary/aromatic N) is 2. The van der Waals surface area contributed by atoms with E-state index in [9.17, 15) is 9.18 Å². The van der Waals surface area contributed by atoms with Gasteiger partial charge in [-0.3, -0.25) is 4.79 Å². The summed E-state index contributed by atoms with van der Waals surface area (Å²) in [5.74, 6) is 4.30. The Morgan fingerprint density at radius 3 is 3.20 bits per heavy atom. The summed E-state index contributed by atoms with van der Waals surface area (Å²) in [6.07, 6.45) is 3.28. The molecule has 2 rings (SSSR count). The molecule has 1 saturated heterocycles. The molecule has 1 aromatic rings. The van der Waals surface area contributed by atoms with Crippen LogP contribution in [0, 0.1) is 11.7 Å². The van der Waals surface area contributed by atoms with Gasteiger partial charge in [0.2, 0.25) is 0 Å². The summed E-state index contributed by atoms with van der Waals surface area (Å²) in [5, 5.41) is 0. The van der Waals surface area contributed by atoms with Gasteiger partial charge in [0.25, 0.3) is 5.91 Å². The van der Waals surface area contributed by atoms with Crippen molar-refractivity contribution >= 4 is 11.7 Å². The minimum atomic E-state index is -0.714. The summed E-state index contributed by atoms with van der Waals surface area (Å²) >= 11 is 0. The molecule has 6 nitrogen and oxygen atoms in total. The lowest BCUT2D eigenvalue weighted by Gasteiger charge is -2.32. The van der Waals surface area contributed by atoms with Crippen LogP contribution in [0.25, 0.3) is 0 Å². The first-order valence-electron chi connectivity index (χ1n) is 6.56. The van der Waals surface area contributed by atoms with E-state index in [-0.39, 0.29) is 17.3 Å². The van der Waals surface area contributed by atoms with E-state index in [2.05, 4.69) is 10.4 Å². The Labute approximate surface area is 117 Å². The molecule has 1 amide bonds. The molecule has 2 heterocycles. The number of piperidine rings is 1. The van der Waals surface area contributed by atoms with E-state index in [1.165, 1.54) is 12.3 Å². The fourth-order valence-electron chi connectivity index (χ4n) is 2.50. The van der Waals surface area contributed by atoms with E-state index in [4.69, 9.17) is 10.6 Å². The van der Waals surface area contributed by atoms with Gasteiger partial charge in [-0.2, -0.15) is 0 Å². The quantitative estimate of drug-likeness (QED) is 0.636. The molecule has 1 aliphatic rings. The molecule has 0 aromatic carbocycles. The number of likely N-dealkylation sites (tertiary alicyclic amines) is 1. The number of amides is 1. The third kappa shape index (κ3) is 3.05. The van der Waals surface area contributed by atoms with Crippen molar-refractivity contribution in [3.63, 3.8) is 0 Å². The van der Waals surface area contributed by atoms with Crippen LogP contribution in [0.4, 0.5) is 10.2 Å². The zero-order chi connectivity index (χ0) is 14.5. The second-order valence-electron chi connectivity index (χ2n) is 4.88. The predicted molar refractivity (Wildman–Crippen MR) is 72.5 cm³/mol. The molecular formula is C13H19FN4O2. The third-order valence-electron chi connectivity index (χ3n) is 3.46. The first kappa shape index (κ1) is 14.7. The number of carbonyl (C=O) groups excluding carboxylic acids is 1. The predicted octanol–water partition coefficient (Wildman–Crippen LogP) is 1.00. The molecule has 0 aliphatic carbocycles. The highest BCUT2D eigenvalue weighted by molar-refractivity contribution is 5.95. The van der Waals surface area contributed by atoms with E-state index in [1.807, 2.05) is 0 Å². The first-order chi connectivity index (χ1) is 9.67. The lowest BCUT2D eigenvalue weighted by molar-refractivity contribution is 0.0567. The van der Waals surface area contributed by atoms with Crippen LogP contribution in [-0.4, -0.2) is 42.6 Å². The molecule has 0 saturated carbocycles. The summed E-state index contributed by atoms with van der Waals surface area (Å²) in [6, 6.07) is 1.37. The largest absolute Gasteiger partial charge is 0.384 e. The van der Waals surface area contributed by atoms with Crippen LogP contribution >= 0.6 is 0 Å². The number of carbonyl (C=O) groups is 1. The van der Waals surface area contributed by atoms with Crippen LogP contribution in [0.5, 0.6) is 0 Å². The number of rotatable bonds is 4. The molecule has 1 atom stereocenters. The van der Waals surface area contributed by atoms with Crippen LogP contribution in [0.3, 0.4) is 0 Å². The smallest absolute Gasteiger partial charge is 0.257 e. The Hall–Kier alpha value is -1.73. The number of aromatic nitrogens is 1. The Bertz CT molecular complexity index is 481. The average molecular weight is 282 g/mol. The fraction of sp³-hybridized carbons (Fsp3) is 0.538. The number of methoxy groups -OCH3 is 1. The van der Waals surface area contributed by atoms with Gasteiger partial charge in [-0.05, 0) is 24.8 Å². The van der Waals surface area contributed by atoms with Gasteiger partial charge in [0.1, 0.15) is 0 Å². The highest BCUT2D eigenvalue weighted by atomic mass is 19.1. The SMILES string of the molecule is COCC1CCCN(C(=O)c2ccnc(NN)c2F)C1. The van der Waals surface area contributed by atoms with Gasteiger partial charge in [-0.15, -0.1) is 0 Å². The van der Waals surface area contributed by atoms with Crippen molar-refractivity contribution in [3.05, 3.63) is 23.6 Å². The molecular weight excluding hydrogens is 263 g/mol. The van der Waals surface area contributed by atoms with Crippen molar-refractivity contribution in [2.24, 2.45) is 11.8 Å². The summed E-state index contributed by atoms with van der Waals surface area (Å²) in [5.41, 5.74) is 2.14. The lowest BCUT2D eigenvalue weighted by atomic mass is 9.98. The second-order valence-corrected chi connectivity index (χ2v) is 4.88. The van der Waals surface area contributed by atoms with Crippen molar-refractivity contribution in [1.82, 2.24) is 9.88 Å². The van der Waals surface area contributed by atoms with Gasteiger partial charge in [0.05, 0.1) is 12.2 Å². The highest BCUT2D eigenvalue weighted by Crippen LogP contribution is 2.21. The van der Waals surface area contributed by atoms with Crippen molar-refractivity contribution in [3.8, 4) is 0 Å². The molecule has 1 aromatic heterocycles. The number of hydrogen-bond acceptors (Lipinski definition) is 5. The van der Waals surface area contributed by atoms with Crippen LogP contribution in [-0.2, 0) is 4.74 Å². The Kier molecular flexibility index (Phi) is 4.86. The minimum Gasteiger partial charge on any atom is -0.384 e. The highest BCUT2D eigenvalue weighted by Gasteiger charge is 2.26. The topological polar surface area (TPSA) is 80.5 Å². The van der Waals surface area contributed by atoms with E-state index < -0.39 is 5.82 Å². The molecule has 1 aliphatic heterocycles. The van der Waals surface area contributed by atoms with E-state index >= 15 is 0 Å². The monoisotopic (exact) mass is 282 g/mol. The Morgan fingerprint density at radius 1 is 1.70 bits per heavy atom. The van der Waals surface area contributed by atoms with Crippen LogP contribution in [0.2, 0.25) is 0 Å². The first-order valence-corrected chi connectivity index (χ1v) is 6.56. The van der Waals surface area contributed by atoms with Gasteiger partial charge >= 0.3 is 0 Å². The molecule has 20 heavy (non-hydrogen) atoms. The molecule has 0 spiro atoms. The van der Waals surface area contributed by atoms with Gasteiger partial charge in [0.15, 0.2) is 11.6 Å². The van der Waals surface area contributed by atoms with E-state index in [0.717, 1.165) is 12.8 Å². The third-order valence-corrected chi connectivity index (χ3v) is 3.46. The second kappa shape index (κ2) is 6.62. The number of pyridine rings is 1. The maximum atomic E-state index is 14.0. The number of anilines is 1. The average Bonchev–Trinajstić information content (AvgIpc) is 2.47. The minimum absolute atomic E-state index is 0.00832. The zero-order valence-electron chi connectivity index (χ0n) is 11.4.